The highest BCUT2D eigenvalue weighted by molar-refractivity contribution is 7.99. The van der Waals surface area contributed by atoms with Crippen LogP contribution in [0.15, 0.2) is 41.6 Å². The number of anilines is 1. The van der Waals surface area contributed by atoms with Gasteiger partial charge in [-0.05, 0) is 36.4 Å². The summed E-state index contributed by atoms with van der Waals surface area (Å²) in [4.78, 5) is 16.6. The normalized spacial score (nSPS) is 10.4. The molecule has 0 aliphatic carbocycles. The van der Waals surface area contributed by atoms with E-state index >= 15 is 0 Å². The van der Waals surface area contributed by atoms with E-state index in [9.17, 15) is 4.79 Å². The highest BCUT2D eigenvalue weighted by Gasteiger charge is 2.16. The van der Waals surface area contributed by atoms with Crippen LogP contribution in [0.1, 0.15) is 0 Å². The third kappa shape index (κ3) is 4.95. The second kappa shape index (κ2) is 9.88. The third-order valence-corrected chi connectivity index (χ3v) is 4.96. The van der Waals surface area contributed by atoms with Gasteiger partial charge in [0.05, 0.1) is 34.2 Å². The van der Waals surface area contributed by atoms with Crippen LogP contribution in [0.25, 0.3) is 11.4 Å². The van der Waals surface area contributed by atoms with Crippen LogP contribution < -0.4 is 24.3 Å². The lowest BCUT2D eigenvalue weighted by atomic mass is 10.1. The van der Waals surface area contributed by atoms with Crippen LogP contribution in [0.5, 0.6) is 23.0 Å². The smallest absolute Gasteiger partial charge is 0.234 e. The van der Waals surface area contributed by atoms with Gasteiger partial charge in [-0.3, -0.25) is 9.89 Å². The molecule has 158 valence electrons. The van der Waals surface area contributed by atoms with Crippen molar-refractivity contribution in [3.8, 4) is 34.4 Å². The average molecular weight is 430 g/mol. The van der Waals surface area contributed by atoms with Crippen LogP contribution in [0.3, 0.4) is 0 Å². The second-order valence-electron chi connectivity index (χ2n) is 5.95. The molecule has 1 aromatic heterocycles. The molecule has 0 aliphatic rings. The van der Waals surface area contributed by atoms with Crippen molar-refractivity contribution < 1.29 is 23.7 Å². The van der Waals surface area contributed by atoms with Crippen molar-refractivity contribution >= 4 is 23.4 Å². The molecule has 10 heteroatoms. The first-order chi connectivity index (χ1) is 14.6. The second-order valence-corrected chi connectivity index (χ2v) is 6.89. The van der Waals surface area contributed by atoms with Crippen molar-refractivity contribution in [1.29, 1.82) is 0 Å². The van der Waals surface area contributed by atoms with E-state index in [0.717, 1.165) is 5.75 Å². The van der Waals surface area contributed by atoms with Gasteiger partial charge < -0.3 is 24.3 Å². The van der Waals surface area contributed by atoms with Gasteiger partial charge in [0.1, 0.15) is 5.75 Å². The van der Waals surface area contributed by atoms with Crippen LogP contribution in [-0.2, 0) is 4.79 Å². The number of carbonyl (C=O) groups excluding carboxylic acids is 1. The summed E-state index contributed by atoms with van der Waals surface area (Å²) < 4.78 is 21.2. The number of hydrogen-bond acceptors (Lipinski definition) is 8. The molecule has 9 nitrogen and oxygen atoms in total. The van der Waals surface area contributed by atoms with Gasteiger partial charge in [0.25, 0.3) is 0 Å². The Balaban J connectivity index is 1.65. The summed E-state index contributed by atoms with van der Waals surface area (Å²) >= 11 is 1.22. The monoisotopic (exact) mass is 430 g/mol. The number of aromatic nitrogens is 3. The summed E-state index contributed by atoms with van der Waals surface area (Å²) in [6, 6.07) is 10.6. The van der Waals surface area contributed by atoms with Gasteiger partial charge >= 0.3 is 0 Å². The van der Waals surface area contributed by atoms with Crippen LogP contribution in [0, 0.1) is 0 Å². The van der Waals surface area contributed by atoms with E-state index in [4.69, 9.17) is 18.9 Å². The third-order valence-electron chi connectivity index (χ3n) is 4.11. The van der Waals surface area contributed by atoms with E-state index in [0.29, 0.717) is 39.5 Å². The summed E-state index contributed by atoms with van der Waals surface area (Å²) in [6.45, 7) is 0. The fourth-order valence-electron chi connectivity index (χ4n) is 2.66. The quantitative estimate of drug-likeness (QED) is 0.498. The summed E-state index contributed by atoms with van der Waals surface area (Å²) in [6.07, 6.45) is 0. The lowest BCUT2D eigenvalue weighted by Crippen LogP contribution is -2.14. The topological polar surface area (TPSA) is 108 Å². The molecule has 0 unspecified atom stereocenters. The van der Waals surface area contributed by atoms with Crippen molar-refractivity contribution in [2.24, 2.45) is 0 Å². The van der Waals surface area contributed by atoms with Gasteiger partial charge in [0.2, 0.25) is 16.8 Å². The Kier molecular flexibility index (Phi) is 7.02. The Bertz CT molecular complexity index is 982. The molecule has 0 spiro atoms. The number of H-pyrrole nitrogens is 1. The number of ether oxygens (including phenoxy) is 4. The number of nitrogens with one attached hydrogen (secondary N) is 2. The average Bonchev–Trinajstić information content (AvgIpc) is 3.26. The highest BCUT2D eigenvalue weighted by atomic mass is 32.2. The van der Waals surface area contributed by atoms with E-state index in [-0.39, 0.29) is 11.7 Å². The number of methoxy groups -OCH3 is 4. The molecule has 0 bridgehead atoms. The van der Waals surface area contributed by atoms with Gasteiger partial charge in [-0.1, -0.05) is 11.8 Å². The standard InChI is InChI=1S/C20H22N4O5S/c1-26-14-7-5-13(6-8-14)21-17(25)11-30-20-22-19(23-24-20)12-9-15(27-2)18(29-4)16(10-12)28-3/h5-10H,11H2,1-4H3,(H,21,25)(H,22,23,24). The fraction of sp³-hybridized carbons (Fsp3) is 0.250. The zero-order chi connectivity index (χ0) is 21.5. The molecule has 2 aromatic carbocycles. The molecule has 0 atom stereocenters. The first-order valence-corrected chi connectivity index (χ1v) is 9.86. The molecule has 0 aliphatic heterocycles. The van der Waals surface area contributed by atoms with Gasteiger partial charge in [-0.15, -0.1) is 5.10 Å². The number of nitrogens with zero attached hydrogens (tertiary/aromatic N) is 2. The van der Waals surface area contributed by atoms with Crippen molar-refractivity contribution in [2.45, 2.75) is 5.16 Å². The van der Waals surface area contributed by atoms with Crippen molar-refractivity contribution in [3.05, 3.63) is 36.4 Å². The summed E-state index contributed by atoms with van der Waals surface area (Å²) in [5.74, 6) is 2.76. The minimum atomic E-state index is -0.163. The van der Waals surface area contributed by atoms with Gasteiger partial charge in [-0.2, -0.15) is 0 Å². The predicted molar refractivity (Wildman–Crippen MR) is 114 cm³/mol. The molecule has 0 saturated carbocycles. The minimum absolute atomic E-state index is 0.163. The Hall–Kier alpha value is -3.40. The highest BCUT2D eigenvalue weighted by Crippen LogP contribution is 2.40. The van der Waals surface area contributed by atoms with E-state index in [2.05, 4.69) is 20.5 Å². The summed E-state index contributed by atoms with van der Waals surface area (Å²) in [5, 5.41) is 10.3. The lowest BCUT2D eigenvalue weighted by Gasteiger charge is -2.13. The first-order valence-electron chi connectivity index (χ1n) is 8.87. The zero-order valence-corrected chi connectivity index (χ0v) is 17.8. The van der Waals surface area contributed by atoms with E-state index < -0.39 is 0 Å². The number of thioether (sulfide) groups is 1. The summed E-state index contributed by atoms with van der Waals surface area (Å²) in [7, 11) is 6.22. The van der Waals surface area contributed by atoms with Crippen LogP contribution in [0.4, 0.5) is 5.69 Å². The molecular formula is C20H22N4O5S. The molecule has 1 heterocycles. The number of amides is 1. The maximum Gasteiger partial charge on any atom is 0.234 e. The molecule has 2 N–H and O–H groups in total. The molecule has 3 rings (SSSR count). The van der Waals surface area contributed by atoms with E-state index in [1.807, 2.05) is 0 Å². The van der Waals surface area contributed by atoms with Gasteiger partial charge in [0, 0.05) is 11.3 Å². The Morgan fingerprint density at radius 1 is 1.00 bits per heavy atom. The molecule has 30 heavy (non-hydrogen) atoms. The maximum atomic E-state index is 12.2. The number of hydrogen-bond donors (Lipinski definition) is 2. The maximum absolute atomic E-state index is 12.2. The molecule has 0 fully saturated rings. The van der Waals surface area contributed by atoms with E-state index in [1.54, 1.807) is 64.8 Å². The van der Waals surface area contributed by atoms with Crippen LogP contribution in [0.2, 0.25) is 0 Å². The summed E-state index contributed by atoms with van der Waals surface area (Å²) in [5.41, 5.74) is 1.40. The molecule has 0 saturated heterocycles. The molecular weight excluding hydrogens is 408 g/mol. The van der Waals surface area contributed by atoms with Crippen molar-refractivity contribution in [1.82, 2.24) is 15.2 Å². The Morgan fingerprint density at radius 3 is 2.23 bits per heavy atom. The van der Waals surface area contributed by atoms with Crippen molar-refractivity contribution in [3.63, 3.8) is 0 Å². The van der Waals surface area contributed by atoms with Gasteiger partial charge in [-0.25, -0.2) is 4.98 Å². The van der Waals surface area contributed by atoms with E-state index in [1.165, 1.54) is 11.8 Å². The predicted octanol–water partition coefficient (Wildman–Crippen LogP) is 3.24. The lowest BCUT2D eigenvalue weighted by molar-refractivity contribution is -0.113. The molecule has 0 radical (unpaired) electrons. The molecule has 1 amide bonds. The van der Waals surface area contributed by atoms with Gasteiger partial charge in [0.15, 0.2) is 17.3 Å². The number of aromatic amines is 1. The number of benzene rings is 2. The minimum Gasteiger partial charge on any atom is -0.497 e. The zero-order valence-electron chi connectivity index (χ0n) is 17.0. The Morgan fingerprint density at radius 2 is 1.67 bits per heavy atom. The number of carbonyl (C=O) groups is 1. The van der Waals surface area contributed by atoms with Crippen molar-refractivity contribution in [2.75, 3.05) is 39.5 Å². The molecule has 3 aromatic rings. The van der Waals surface area contributed by atoms with Crippen LogP contribution in [-0.4, -0.2) is 55.3 Å². The first kappa shape index (κ1) is 21.3. The Labute approximate surface area is 178 Å². The fourth-order valence-corrected chi connectivity index (χ4v) is 3.26. The largest absolute Gasteiger partial charge is 0.497 e. The SMILES string of the molecule is COc1ccc(NC(=O)CSc2n[nH]c(-c3cc(OC)c(OC)c(OC)c3)n2)cc1. The number of rotatable bonds is 9. The van der Waals surface area contributed by atoms with Crippen LogP contribution >= 0.6 is 11.8 Å².